The molecule has 0 aliphatic rings. The molecule has 0 fully saturated rings. The van der Waals surface area contributed by atoms with Gasteiger partial charge in [0, 0.05) is 0 Å². The van der Waals surface area contributed by atoms with Crippen molar-refractivity contribution in [1.82, 2.24) is 5.32 Å². The van der Waals surface area contributed by atoms with Crippen LogP contribution in [0.25, 0.3) is 0 Å². The molecule has 1 amide bonds. The van der Waals surface area contributed by atoms with Crippen LogP contribution < -0.4 is 10.1 Å². The number of ether oxygens (including phenoxy) is 1. The van der Waals surface area contributed by atoms with Gasteiger partial charge in [-0.15, -0.1) is 0 Å². The van der Waals surface area contributed by atoms with Gasteiger partial charge in [0.05, 0.1) is 17.1 Å². The van der Waals surface area contributed by atoms with E-state index in [1.54, 1.807) is 0 Å². The smallest absolute Gasteiger partial charge is 0.258 e. The number of halogens is 1. The van der Waals surface area contributed by atoms with Gasteiger partial charge in [-0.25, -0.2) is 0 Å². The highest BCUT2D eigenvalue weighted by atomic mass is 79.9. The first-order chi connectivity index (χ1) is 8.56. The van der Waals surface area contributed by atoms with E-state index in [-0.39, 0.29) is 25.2 Å². The molecule has 1 rings (SSSR count). The predicted octanol–water partition coefficient (Wildman–Crippen LogP) is 2.02. The molecule has 0 bridgehead atoms. The van der Waals surface area contributed by atoms with Gasteiger partial charge in [-0.05, 0) is 47.0 Å². The van der Waals surface area contributed by atoms with Crippen LogP contribution in [0.5, 0.6) is 5.75 Å². The lowest BCUT2D eigenvalue weighted by molar-refractivity contribution is -0.124. The zero-order valence-electron chi connectivity index (χ0n) is 10.6. The van der Waals surface area contributed by atoms with Crippen LogP contribution in [0.3, 0.4) is 0 Å². The van der Waals surface area contributed by atoms with E-state index in [1.165, 1.54) is 0 Å². The second kappa shape index (κ2) is 7.38. The Morgan fingerprint density at radius 1 is 1.56 bits per heavy atom. The van der Waals surface area contributed by atoms with Crippen LogP contribution in [-0.2, 0) is 4.79 Å². The Labute approximate surface area is 115 Å². The van der Waals surface area contributed by atoms with Crippen LogP contribution >= 0.6 is 15.9 Å². The summed E-state index contributed by atoms with van der Waals surface area (Å²) in [4.78, 5) is 11.6. The number of aliphatic hydroxyl groups is 1. The molecule has 1 aromatic rings. The zero-order valence-corrected chi connectivity index (χ0v) is 12.2. The van der Waals surface area contributed by atoms with E-state index in [9.17, 15) is 4.79 Å². The van der Waals surface area contributed by atoms with Gasteiger partial charge >= 0.3 is 0 Å². The fraction of sp³-hybridized carbons (Fsp3) is 0.462. The molecule has 0 aliphatic heterocycles. The number of aliphatic hydroxyl groups excluding tert-OH is 1. The molecule has 5 heteroatoms. The molecule has 0 saturated heterocycles. The maximum atomic E-state index is 11.6. The van der Waals surface area contributed by atoms with Gasteiger partial charge in [-0.2, -0.15) is 0 Å². The Hall–Kier alpha value is -1.07. The summed E-state index contributed by atoms with van der Waals surface area (Å²) in [5.41, 5.74) is 1.12. The summed E-state index contributed by atoms with van der Waals surface area (Å²) in [6.07, 6.45) is 0.691. The van der Waals surface area contributed by atoms with Crippen LogP contribution in [0.15, 0.2) is 22.7 Å². The van der Waals surface area contributed by atoms with E-state index < -0.39 is 0 Å². The molecule has 4 nitrogen and oxygen atoms in total. The lowest BCUT2D eigenvalue weighted by Crippen LogP contribution is -2.39. The summed E-state index contributed by atoms with van der Waals surface area (Å²) in [7, 11) is 0. The van der Waals surface area contributed by atoms with Gasteiger partial charge < -0.3 is 15.2 Å². The first-order valence-electron chi connectivity index (χ1n) is 5.86. The third-order valence-corrected chi connectivity index (χ3v) is 3.14. The third-order valence-electron chi connectivity index (χ3n) is 2.52. The highest BCUT2D eigenvalue weighted by Crippen LogP contribution is 2.25. The average molecular weight is 316 g/mol. The standard InChI is InChI=1S/C13H18BrNO3/c1-3-10(7-16)15-13(17)8-18-12-5-4-9(2)6-11(12)14/h4-6,10,16H,3,7-8H2,1-2H3,(H,15,17)/t10-/m1/s1. The van der Waals surface area contributed by atoms with Crippen molar-refractivity contribution in [3.8, 4) is 5.75 Å². The molecule has 100 valence electrons. The van der Waals surface area contributed by atoms with Crippen LogP contribution in [0.4, 0.5) is 0 Å². The number of carbonyl (C=O) groups excluding carboxylic acids is 1. The Kier molecular flexibility index (Phi) is 6.15. The molecule has 1 aromatic carbocycles. The second-order valence-electron chi connectivity index (χ2n) is 4.08. The molecule has 0 aliphatic carbocycles. The minimum absolute atomic E-state index is 0.0574. The van der Waals surface area contributed by atoms with Gasteiger partial charge in [-0.3, -0.25) is 4.79 Å². The normalized spacial score (nSPS) is 12.0. The Morgan fingerprint density at radius 2 is 2.28 bits per heavy atom. The van der Waals surface area contributed by atoms with E-state index in [4.69, 9.17) is 9.84 Å². The first-order valence-corrected chi connectivity index (χ1v) is 6.65. The lowest BCUT2D eigenvalue weighted by atomic mass is 10.2. The van der Waals surface area contributed by atoms with Crippen molar-refractivity contribution in [2.24, 2.45) is 0 Å². The summed E-state index contributed by atoms with van der Waals surface area (Å²) in [6, 6.07) is 5.45. The highest BCUT2D eigenvalue weighted by Gasteiger charge is 2.10. The summed E-state index contributed by atoms with van der Waals surface area (Å²) in [6.45, 7) is 3.77. The molecule has 0 unspecified atom stereocenters. The minimum Gasteiger partial charge on any atom is -0.483 e. The summed E-state index contributed by atoms with van der Waals surface area (Å²) in [5, 5.41) is 11.7. The van der Waals surface area contributed by atoms with E-state index in [2.05, 4.69) is 21.2 Å². The Morgan fingerprint density at radius 3 is 2.83 bits per heavy atom. The molecule has 2 N–H and O–H groups in total. The van der Waals surface area contributed by atoms with Gasteiger partial charge in [0.1, 0.15) is 5.75 Å². The van der Waals surface area contributed by atoms with Crippen molar-refractivity contribution < 1.29 is 14.6 Å². The predicted molar refractivity (Wildman–Crippen MR) is 73.7 cm³/mol. The maximum Gasteiger partial charge on any atom is 0.258 e. The number of carbonyl (C=O) groups is 1. The van der Waals surface area contributed by atoms with Gasteiger partial charge in [-0.1, -0.05) is 13.0 Å². The van der Waals surface area contributed by atoms with Gasteiger partial charge in [0.2, 0.25) is 0 Å². The van der Waals surface area contributed by atoms with E-state index >= 15 is 0 Å². The zero-order chi connectivity index (χ0) is 13.5. The summed E-state index contributed by atoms with van der Waals surface area (Å²) < 4.78 is 6.23. The van der Waals surface area contributed by atoms with Crippen LogP contribution in [0.2, 0.25) is 0 Å². The SMILES string of the molecule is CC[C@H](CO)NC(=O)COc1ccc(C)cc1Br. The van der Waals surface area contributed by atoms with E-state index in [0.717, 1.165) is 10.0 Å². The minimum atomic E-state index is -0.233. The average Bonchev–Trinajstić information content (AvgIpc) is 2.35. The van der Waals surface area contributed by atoms with E-state index in [1.807, 2.05) is 32.0 Å². The second-order valence-corrected chi connectivity index (χ2v) is 4.93. The fourth-order valence-electron chi connectivity index (χ4n) is 1.41. The largest absolute Gasteiger partial charge is 0.483 e. The van der Waals surface area contributed by atoms with Crippen molar-refractivity contribution in [3.05, 3.63) is 28.2 Å². The number of amides is 1. The number of benzene rings is 1. The van der Waals surface area contributed by atoms with E-state index in [0.29, 0.717) is 12.2 Å². The third kappa shape index (κ3) is 4.66. The molecule has 0 radical (unpaired) electrons. The monoisotopic (exact) mass is 315 g/mol. The quantitative estimate of drug-likeness (QED) is 0.844. The molecule has 0 heterocycles. The maximum absolute atomic E-state index is 11.6. The number of nitrogens with one attached hydrogen (secondary N) is 1. The van der Waals surface area contributed by atoms with Crippen molar-refractivity contribution in [1.29, 1.82) is 0 Å². The Bertz CT molecular complexity index is 405. The van der Waals surface area contributed by atoms with Crippen LogP contribution in [-0.4, -0.2) is 30.3 Å². The molecular weight excluding hydrogens is 298 g/mol. The number of rotatable bonds is 6. The van der Waals surface area contributed by atoms with Gasteiger partial charge in [0.25, 0.3) is 5.91 Å². The number of aryl methyl sites for hydroxylation is 1. The molecule has 0 saturated carbocycles. The van der Waals surface area contributed by atoms with Crippen molar-refractivity contribution in [3.63, 3.8) is 0 Å². The van der Waals surface area contributed by atoms with Crippen molar-refractivity contribution in [2.75, 3.05) is 13.2 Å². The van der Waals surface area contributed by atoms with Crippen LogP contribution in [0, 0.1) is 6.92 Å². The molecule has 1 atom stereocenters. The topological polar surface area (TPSA) is 58.6 Å². The number of hydrogen-bond donors (Lipinski definition) is 2. The number of hydrogen-bond acceptors (Lipinski definition) is 3. The van der Waals surface area contributed by atoms with Crippen molar-refractivity contribution in [2.45, 2.75) is 26.3 Å². The van der Waals surface area contributed by atoms with Crippen LogP contribution in [0.1, 0.15) is 18.9 Å². The highest BCUT2D eigenvalue weighted by molar-refractivity contribution is 9.10. The summed E-state index contributed by atoms with van der Waals surface area (Å²) in [5.74, 6) is 0.399. The summed E-state index contributed by atoms with van der Waals surface area (Å²) >= 11 is 3.38. The molecule has 18 heavy (non-hydrogen) atoms. The fourth-order valence-corrected chi connectivity index (χ4v) is 2.02. The molecule has 0 spiro atoms. The molecule has 0 aromatic heterocycles. The molecular formula is C13H18BrNO3. The van der Waals surface area contributed by atoms with Gasteiger partial charge in [0.15, 0.2) is 6.61 Å². The van der Waals surface area contributed by atoms with Crippen molar-refractivity contribution >= 4 is 21.8 Å². The first kappa shape index (κ1) is 15.0. The Balaban J connectivity index is 2.47. The lowest BCUT2D eigenvalue weighted by Gasteiger charge is -2.14.